The van der Waals surface area contributed by atoms with E-state index in [0.29, 0.717) is 5.69 Å². The van der Waals surface area contributed by atoms with Crippen molar-refractivity contribution in [3.05, 3.63) is 77.6 Å². The first-order chi connectivity index (χ1) is 12.1. The van der Waals surface area contributed by atoms with Crippen LogP contribution < -0.4 is 0 Å². The molecule has 3 aromatic rings. The zero-order valence-corrected chi connectivity index (χ0v) is 13.5. The van der Waals surface area contributed by atoms with Crippen molar-refractivity contribution in [1.29, 1.82) is 0 Å². The van der Waals surface area contributed by atoms with Gasteiger partial charge in [0.05, 0.1) is 11.2 Å². The fourth-order valence-electron chi connectivity index (χ4n) is 2.89. The molecule has 0 unspecified atom stereocenters. The molecule has 0 N–H and O–H groups in total. The van der Waals surface area contributed by atoms with Crippen molar-refractivity contribution in [3.8, 4) is 0 Å². The van der Waals surface area contributed by atoms with E-state index in [2.05, 4.69) is 4.99 Å². The number of benzene rings is 2. The number of carbonyl (C=O) groups excluding carboxylic acids is 2. The molecule has 4 rings (SSSR count). The number of hydrogen-bond acceptors (Lipinski definition) is 4. The molecule has 0 bridgehead atoms. The second-order valence-electron chi connectivity index (χ2n) is 5.68. The van der Waals surface area contributed by atoms with Crippen molar-refractivity contribution < 1.29 is 14.3 Å². The predicted molar refractivity (Wildman–Crippen MR) is 95.3 cm³/mol. The molecule has 5 heteroatoms. The molecule has 0 atom stereocenters. The molecule has 25 heavy (non-hydrogen) atoms. The highest BCUT2D eigenvalue weighted by Gasteiger charge is 2.25. The summed E-state index contributed by atoms with van der Waals surface area (Å²) in [4.78, 5) is 28.5. The molecule has 0 fully saturated rings. The zero-order chi connectivity index (χ0) is 17.4. The predicted octanol–water partition coefficient (Wildman–Crippen LogP) is 3.65. The Labute approximate surface area is 143 Å². The summed E-state index contributed by atoms with van der Waals surface area (Å²) in [6, 6.07) is 18.6. The van der Waals surface area contributed by atoms with E-state index in [1.165, 1.54) is 6.92 Å². The van der Waals surface area contributed by atoms with Crippen LogP contribution in [0.25, 0.3) is 17.0 Å². The summed E-state index contributed by atoms with van der Waals surface area (Å²) in [6.07, 6.45) is 1.58. The van der Waals surface area contributed by atoms with E-state index in [1.54, 1.807) is 10.6 Å². The fourth-order valence-corrected chi connectivity index (χ4v) is 2.89. The Hall–Kier alpha value is -3.47. The minimum atomic E-state index is -0.529. The van der Waals surface area contributed by atoms with Crippen LogP contribution in [0.1, 0.15) is 23.0 Å². The van der Waals surface area contributed by atoms with Gasteiger partial charge in [-0.15, -0.1) is 0 Å². The number of rotatable bonds is 2. The van der Waals surface area contributed by atoms with Crippen molar-refractivity contribution in [2.75, 3.05) is 0 Å². The summed E-state index contributed by atoms with van der Waals surface area (Å²) in [6.45, 7) is 1.49. The molecule has 1 aromatic heterocycles. The minimum Gasteiger partial charge on any atom is -0.402 e. The van der Waals surface area contributed by atoms with Gasteiger partial charge in [-0.1, -0.05) is 36.4 Å². The fraction of sp³-hybridized carbons (Fsp3) is 0.0500. The maximum absolute atomic E-state index is 12.2. The standard InChI is InChI=1S/C20H14N2O3/c1-13(23)22-16(11-15-9-5-6-10-18(15)22)12-17-20(24)25-19(21-17)14-7-3-2-4-8-14/h2-12H,1H3/b17-12-. The van der Waals surface area contributed by atoms with E-state index in [0.717, 1.165) is 16.5 Å². The molecule has 2 heterocycles. The summed E-state index contributed by atoms with van der Waals surface area (Å²) in [5.74, 6) is -0.395. The van der Waals surface area contributed by atoms with Crippen LogP contribution in [0.5, 0.6) is 0 Å². The molecule has 1 aliphatic rings. The zero-order valence-electron chi connectivity index (χ0n) is 13.5. The van der Waals surface area contributed by atoms with Crippen LogP contribution in [-0.2, 0) is 9.53 Å². The number of nitrogens with zero attached hydrogens (tertiary/aromatic N) is 2. The quantitative estimate of drug-likeness (QED) is 0.532. The van der Waals surface area contributed by atoms with E-state index >= 15 is 0 Å². The Morgan fingerprint density at radius 2 is 1.80 bits per heavy atom. The van der Waals surface area contributed by atoms with E-state index in [9.17, 15) is 9.59 Å². The van der Waals surface area contributed by atoms with Crippen molar-refractivity contribution in [2.24, 2.45) is 4.99 Å². The molecule has 0 saturated carbocycles. The molecule has 0 saturated heterocycles. The number of hydrogen-bond donors (Lipinski definition) is 0. The molecular formula is C20H14N2O3. The maximum atomic E-state index is 12.2. The number of aromatic nitrogens is 1. The van der Waals surface area contributed by atoms with Gasteiger partial charge in [-0.25, -0.2) is 9.79 Å². The lowest BCUT2D eigenvalue weighted by Crippen LogP contribution is -2.08. The molecule has 5 nitrogen and oxygen atoms in total. The van der Waals surface area contributed by atoms with Gasteiger partial charge in [-0.3, -0.25) is 9.36 Å². The third-order valence-corrected chi connectivity index (χ3v) is 3.98. The lowest BCUT2D eigenvalue weighted by Gasteiger charge is -2.02. The minimum absolute atomic E-state index is 0.133. The topological polar surface area (TPSA) is 60.7 Å². The summed E-state index contributed by atoms with van der Waals surface area (Å²) in [5, 5.41) is 0.920. The molecule has 0 aliphatic carbocycles. The molecule has 0 amide bonds. The second kappa shape index (κ2) is 5.87. The number of cyclic esters (lactones) is 1. The molecule has 1 aliphatic heterocycles. The van der Waals surface area contributed by atoms with Gasteiger partial charge in [0.25, 0.3) is 0 Å². The smallest absolute Gasteiger partial charge is 0.363 e. The van der Waals surface area contributed by atoms with Gasteiger partial charge < -0.3 is 4.74 Å². The van der Waals surface area contributed by atoms with Gasteiger partial charge in [0.1, 0.15) is 0 Å². The first-order valence-corrected chi connectivity index (χ1v) is 7.83. The first kappa shape index (κ1) is 15.1. The molecule has 2 aromatic carbocycles. The van der Waals surface area contributed by atoms with Crippen LogP contribution in [0, 0.1) is 0 Å². The van der Waals surface area contributed by atoms with Crippen LogP contribution >= 0.6 is 0 Å². The first-order valence-electron chi connectivity index (χ1n) is 7.83. The second-order valence-corrected chi connectivity index (χ2v) is 5.68. The van der Waals surface area contributed by atoms with Gasteiger partial charge in [-0.05, 0) is 30.3 Å². The number of ether oxygens (including phenoxy) is 1. The van der Waals surface area contributed by atoms with Crippen LogP contribution in [0.4, 0.5) is 0 Å². The average Bonchev–Trinajstić information content (AvgIpc) is 3.16. The van der Waals surface area contributed by atoms with E-state index in [1.807, 2.05) is 60.7 Å². The number of para-hydroxylation sites is 1. The average molecular weight is 330 g/mol. The number of aliphatic imine (C=N–C) groups is 1. The third-order valence-electron chi connectivity index (χ3n) is 3.98. The van der Waals surface area contributed by atoms with E-state index in [-0.39, 0.29) is 17.5 Å². The molecular weight excluding hydrogens is 316 g/mol. The van der Waals surface area contributed by atoms with Crippen molar-refractivity contribution in [1.82, 2.24) is 4.57 Å². The normalized spacial score (nSPS) is 15.5. The van der Waals surface area contributed by atoms with Crippen LogP contribution in [-0.4, -0.2) is 22.3 Å². The maximum Gasteiger partial charge on any atom is 0.363 e. The van der Waals surface area contributed by atoms with Crippen molar-refractivity contribution >= 4 is 34.8 Å². The van der Waals surface area contributed by atoms with Gasteiger partial charge >= 0.3 is 5.97 Å². The Morgan fingerprint density at radius 1 is 1.08 bits per heavy atom. The van der Waals surface area contributed by atoms with Gasteiger partial charge in [0, 0.05) is 17.9 Å². The monoisotopic (exact) mass is 330 g/mol. The highest BCUT2D eigenvalue weighted by Crippen LogP contribution is 2.24. The third kappa shape index (κ3) is 2.65. The number of fused-ring (bicyclic) bond motifs is 1. The largest absolute Gasteiger partial charge is 0.402 e. The van der Waals surface area contributed by atoms with E-state index in [4.69, 9.17) is 4.74 Å². The van der Waals surface area contributed by atoms with Crippen LogP contribution in [0.15, 0.2) is 71.4 Å². The highest BCUT2D eigenvalue weighted by molar-refractivity contribution is 6.13. The summed E-state index contributed by atoms with van der Waals surface area (Å²) < 4.78 is 6.82. The molecule has 122 valence electrons. The van der Waals surface area contributed by atoms with Crippen LogP contribution in [0.2, 0.25) is 0 Å². The molecule has 0 radical (unpaired) electrons. The van der Waals surface area contributed by atoms with Crippen LogP contribution in [0.3, 0.4) is 0 Å². The van der Waals surface area contributed by atoms with Gasteiger partial charge in [0.15, 0.2) is 5.70 Å². The SMILES string of the molecule is CC(=O)n1c(/C=C2\N=C(c3ccccc3)OC2=O)cc2ccccc21. The lowest BCUT2D eigenvalue weighted by molar-refractivity contribution is -0.129. The summed E-state index contributed by atoms with van der Waals surface area (Å²) in [5.41, 5.74) is 2.29. The number of carbonyl (C=O) groups is 2. The van der Waals surface area contributed by atoms with Gasteiger partial charge in [0.2, 0.25) is 11.8 Å². The van der Waals surface area contributed by atoms with Crippen molar-refractivity contribution in [3.63, 3.8) is 0 Å². The number of esters is 1. The van der Waals surface area contributed by atoms with E-state index < -0.39 is 5.97 Å². The Kier molecular flexibility index (Phi) is 3.54. The Balaban J connectivity index is 1.82. The van der Waals surface area contributed by atoms with Gasteiger partial charge in [-0.2, -0.15) is 0 Å². The lowest BCUT2D eigenvalue weighted by atomic mass is 10.2. The Morgan fingerprint density at radius 3 is 2.56 bits per heavy atom. The summed E-state index contributed by atoms with van der Waals surface area (Å²) >= 11 is 0. The Bertz CT molecular complexity index is 1060. The van der Waals surface area contributed by atoms with Crippen molar-refractivity contribution in [2.45, 2.75) is 6.92 Å². The summed E-state index contributed by atoms with van der Waals surface area (Å²) in [7, 11) is 0. The highest BCUT2D eigenvalue weighted by atomic mass is 16.6. The molecule has 0 spiro atoms.